The summed E-state index contributed by atoms with van der Waals surface area (Å²) < 4.78 is 0. The Morgan fingerprint density at radius 2 is 1.22 bits per heavy atom. The maximum Gasteiger partial charge on any atom is 0.0368 e. The molecule has 52 valence electrons. The quantitative estimate of drug-likeness (QED) is 0.484. The molecule has 2 rings (SSSR count). The maximum absolute atomic E-state index is 6.02. The highest BCUT2D eigenvalue weighted by molar-refractivity contribution is 6.23. The van der Waals surface area contributed by atoms with E-state index in [-0.39, 0.29) is 0 Å². The molecule has 2 aliphatic carbocycles. The predicted molar refractivity (Wildman–Crippen MR) is 40.1 cm³/mol. The second kappa shape index (κ2) is 2.03. The molecule has 2 saturated carbocycles. The highest BCUT2D eigenvalue weighted by atomic mass is 35.5. The van der Waals surface area contributed by atoms with Gasteiger partial charge in [-0.05, 0) is 31.1 Å². The zero-order valence-corrected chi connectivity index (χ0v) is 6.70. The Bertz CT molecular complexity index is 106. The molecule has 0 amide bonds. The summed E-state index contributed by atoms with van der Waals surface area (Å²) in [5.41, 5.74) is 0. The van der Waals surface area contributed by atoms with E-state index < -0.39 is 0 Å². The number of hydrogen-bond donors (Lipinski definition) is 0. The lowest BCUT2D eigenvalue weighted by molar-refractivity contribution is 0.494. The summed E-state index contributed by atoms with van der Waals surface area (Å²) in [7, 11) is 0. The molecule has 2 fully saturated rings. The first-order chi connectivity index (χ1) is 4.27. The highest BCUT2D eigenvalue weighted by Gasteiger charge is 2.43. The van der Waals surface area contributed by atoms with Crippen LogP contribution in [-0.4, -0.2) is 10.8 Å². The van der Waals surface area contributed by atoms with E-state index in [1.165, 1.54) is 19.3 Å². The minimum Gasteiger partial charge on any atom is -0.123 e. The number of hydrogen-bond acceptors (Lipinski definition) is 0. The molecule has 0 N–H and O–H groups in total. The molecule has 0 aromatic carbocycles. The van der Waals surface area contributed by atoms with Gasteiger partial charge in [0.05, 0.1) is 0 Å². The number of halogens is 2. The number of rotatable bonds is 0. The first kappa shape index (κ1) is 6.30. The fraction of sp³-hybridized carbons (Fsp3) is 1.00. The third-order valence-corrected chi connectivity index (χ3v) is 3.75. The molecule has 4 atom stereocenters. The summed E-state index contributed by atoms with van der Waals surface area (Å²) in [6.07, 6.45) is 3.63. The van der Waals surface area contributed by atoms with Gasteiger partial charge in [0.1, 0.15) is 0 Å². The van der Waals surface area contributed by atoms with Crippen molar-refractivity contribution in [3.05, 3.63) is 0 Å². The third kappa shape index (κ3) is 0.877. The maximum atomic E-state index is 6.02. The fourth-order valence-corrected chi connectivity index (χ4v) is 3.00. The molecule has 0 heterocycles. The van der Waals surface area contributed by atoms with Crippen LogP contribution in [0.15, 0.2) is 0 Å². The van der Waals surface area contributed by atoms with Gasteiger partial charge in [-0.1, -0.05) is 0 Å². The lowest BCUT2D eigenvalue weighted by Crippen LogP contribution is -2.17. The van der Waals surface area contributed by atoms with Gasteiger partial charge in [-0.2, -0.15) is 0 Å². The molecule has 0 unspecified atom stereocenters. The van der Waals surface area contributed by atoms with Crippen molar-refractivity contribution in [3.8, 4) is 0 Å². The van der Waals surface area contributed by atoms with E-state index in [1.54, 1.807) is 0 Å². The Balaban J connectivity index is 2.10. The summed E-state index contributed by atoms with van der Waals surface area (Å²) in [6, 6.07) is 0. The van der Waals surface area contributed by atoms with E-state index in [1.807, 2.05) is 0 Å². The molecule has 2 aliphatic rings. The van der Waals surface area contributed by atoms with E-state index in [2.05, 4.69) is 0 Å². The predicted octanol–water partition coefficient (Wildman–Crippen LogP) is 2.63. The van der Waals surface area contributed by atoms with Gasteiger partial charge in [0.2, 0.25) is 0 Å². The van der Waals surface area contributed by atoms with Crippen LogP contribution < -0.4 is 0 Å². The zero-order valence-electron chi connectivity index (χ0n) is 5.19. The lowest BCUT2D eigenvalue weighted by atomic mass is 10.00. The van der Waals surface area contributed by atoms with Crippen molar-refractivity contribution < 1.29 is 0 Å². The Kier molecular flexibility index (Phi) is 1.42. The van der Waals surface area contributed by atoms with E-state index in [9.17, 15) is 0 Å². The molecular weight excluding hydrogens is 155 g/mol. The summed E-state index contributed by atoms with van der Waals surface area (Å²) in [5, 5.41) is 0.898. The summed E-state index contributed by atoms with van der Waals surface area (Å²) in [6.45, 7) is 0. The van der Waals surface area contributed by atoms with Crippen molar-refractivity contribution in [2.24, 2.45) is 11.8 Å². The van der Waals surface area contributed by atoms with Crippen LogP contribution in [-0.2, 0) is 0 Å². The number of fused-ring (bicyclic) bond motifs is 2. The van der Waals surface area contributed by atoms with Crippen LogP contribution in [0.3, 0.4) is 0 Å². The van der Waals surface area contributed by atoms with Gasteiger partial charge in [-0.3, -0.25) is 0 Å². The normalized spacial score (nSPS) is 56.7. The van der Waals surface area contributed by atoms with Gasteiger partial charge in [0, 0.05) is 10.8 Å². The number of alkyl halides is 2. The second-order valence-corrected chi connectivity index (χ2v) is 4.38. The molecule has 0 radical (unpaired) electrons. The van der Waals surface area contributed by atoms with Gasteiger partial charge in [0.15, 0.2) is 0 Å². The molecule has 0 aliphatic heterocycles. The van der Waals surface area contributed by atoms with Crippen molar-refractivity contribution in [2.45, 2.75) is 30.0 Å². The summed E-state index contributed by atoms with van der Waals surface area (Å²) >= 11 is 12.0. The van der Waals surface area contributed by atoms with E-state index in [4.69, 9.17) is 23.2 Å². The minimum absolute atomic E-state index is 0.449. The van der Waals surface area contributed by atoms with Gasteiger partial charge in [-0.25, -0.2) is 0 Å². The first-order valence-electron chi connectivity index (χ1n) is 3.55. The van der Waals surface area contributed by atoms with Crippen LogP contribution >= 0.6 is 23.2 Å². The Labute approximate surface area is 65.5 Å². The topological polar surface area (TPSA) is 0 Å². The molecule has 0 spiro atoms. The molecule has 0 aromatic rings. The van der Waals surface area contributed by atoms with Crippen molar-refractivity contribution in [1.82, 2.24) is 0 Å². The van der Waals surface area contributed by atoms with Crippen molar-refractivity contribution in [3.63, 3.8) is 0 Å². The van der Waals surface area contributed by atoms with Gasteiger partial charge in [0.25, 0.3) is 0 Å². The van der Waals surface area contributed by atoms with Gasteiger partial charge >= 0.3 is 0 Å². The first-order valence-corrected chi connectivity index (χ1v) is 4.43. The molecule has 2 bridgehead atoms. The Morgan fingerprint density at radius 1 is 0.778 bits per heavy atom. The largest absolute Gasteiger partial charge is 0.123 e. The van der Waals surface area contributed by atoms with Crippen molar-refractivity contribution >= 4 is 23.2 Å². The Hall–Kier alpha value is 0.580. The monoisotopic (exact) mass is 164 g/mol. The molecule has 0 aromatic heterocycles. The average Bonchev–Trinajstić information content (AvgIpc) is 2.24. The SMILES string of the molecule is Cl[C@@H]1C[C@H]2C[C@@H]1C[C@@H]2Cl. The third-order valence-electron chi connectivity index (χ3n) is 2.68. The van der Waals surface area contributed by atoms with E-state index >= 15 is 0 Å². The summed E-state index contributed by atoms with van der Waals surface area (Å²) in [5.74, 6) is 1.50. The molecular formula is C7H10Cl2. The van der Waals surface area contributed by atoms with E-state index in [0.29, 0.717) is 10.8 Å². The minimum atomic E-state index is 0.449. The molecule has 2 heteroatoms. The second-order valence-electron chi connectivity index (χ2n) is 3.26. The Morgan fingerprint density at radius 3 is 1.44 bits per heavy atom. The molecule has 0 nitrogen and oxygen atoms in total. The van der Waals surface area contributed by atoms with Crippen LogP contribution in [0.1, 0.15) is 19.3 Å². The smallest absolute Gasteiger partial charge is 0.0368 e. The lowest BCUT2D eigenvalue weighted by Gasteiger charge is -2.18. The van der Waals surface area contributed by atoms with Gasteiger partial charge < -0.3 is 0 Å². The van der Waals surface area contributed by atoms with Crippen molar-refractivity contribution in [1.29, 1.82) is 0 Å². The van der Waals surface area contributed by atoms with Crippen LogP contribution in [0.2, 0.25) is 0 Å². The zero-order chi connectivity index (χ0) is 6.43. The summed E-state index contributed by atoms with van der Waals surface area (Å²) in [4.78, 5) is 0. The van der Waals surface area contributed by atoms with Crippen LogP contribution in [0.5, 0.6) is 0 Å². The average molecular weight is 165 g/mol. The molecule has 9 heavy (non-hydrogen) atoms. The van der Waals surface area contributed by atoms with Crippen LogP contribution in [0.25, 0.3) is 0 Å². The van der Waals surface area contributed by atoms with Crippen molar-refractivity contribution in [2.75, 3.05) is 0 Å². The van der Waals surface area contributed by atoms with Crippen LogP contribution in [0, 0.1) is 11.8 Å². The van der Waals surface area contributed by atoms with Gasteiger partial charge in [-0.15, -0.1) is 23.2 Å². The molecule has 0 saturated heterocycles. The van der Waals surface area contributed by atoms with Crippen LogP contribution in [0.4, 0.5) is 0 Å². The fourth-order valence-electron chi connectivity index (χ4n) is 2.14. The standard InChI is InChI=1S/C7H10Cl2/c8-6-2-4-1-5(6)3-7(4)9/h4-7H,1-3H2/t4-,5-,6-,7+/m1/s1. The highest BCUT2D eigenvalue weighted by Crippen LogP contribution is 2.49. The van der Waals surface area contributed by atoms with E-state index in [0.717, 1.165) is 11.8 Å².